The number of halogens is 3. The third-order valence-corrected chi connectivity index (χ3v) is 13.2. The molecule has 0 heterocycles. The zero-order valence-corrected chi connectivity index (χ0v) is 30.6. The van der Waals surface area contributed by atoms with Crippen LogP contribution in [0.2, 0.25) is 0 Å². The normalized spacial score (nSPS) is 11.8. The Morgan fingerprint density at radius 2 is 0.927 bits per heavy atom. The number of hydrogen-bond acceptors (Lipinski definition) is 0. The van der Waals surface area contributed by atoms with Crippen molar-refractivity contribution in [2.45, 2.75) is 85.5 Å². The second-order valence-electron chi connectivity index (χ2n) is 11.8. The summed E-state index contributed by atoms with van der Waals surface area (Å²) >= 11 is 0. The van der Waals surface area contributed by atoms with Gasteiger partial charge in [-0.2, -0.15) is 11.6 Å². The zero-order chi connectivity index (χ0) is 26.7. The van der Waals surface area contributed by atoms with Gasteiger partial charge in [-0.25, -0.2) is 12.1 Å². The molecule has 5 heteroatoms. The van der Waals surface area contributed by atoms with Crippen LogP contribution < -0.4 is 58.0 Å². The molecule has 0 aliphatic carbocycles. The standard InChI is InChI=1S/C36H45Si.3ClH.Ti/c1-9-28(8)35-20-13-21-36(35)37(32-17-10-14-29(22-32)25(2)3,33-18-11-15-30(23-33)26(4)5)34-19-12-16-31(24-34)27(6)7;;;;/h10-28H,9H2,1-8H3;3*1H;/q-1;;;;+4/p-3. The van der Waals surface area contributed by atoms with Crippen LogP contribution in [0.4, 0.5) is 0 Å². The molecule has 0 bridgehead atoms. The van der Waals surface area contributed by atoms with Gasteiger partial charge in [0.25, 0.3) is 0 Å². The number of hydrogen-bond donors (Lipinski definition) is 0. The van der Waals surface area contributed by atoms with Gasteiger partial charge in [-0.05, 0) is 40.4 Å². The second kappa shape index (κ2) is 17.2. The molecule has 0 radical (unpaired) electrons. The summed E-state index contributed by atoms with van der Waals surface area (Å²) in [5.41, 5.74) is 5.79. The molecule has 0 saturated heterocycles. The molecule has 0 spiro atoms. The van der Waals surface area contributed by atoms with Crippen LogP contribution in [0, 0.1) is 0 Å². The maximum absolute atomic E-state index is 2.60. The van der Waals surface area contributed by atoms with Gasteiger partial charge in [0, 0.05) is 0 Å². The zero-order valence-electron chi connectivity index (χ0n) is 25.8. The summed E-state index contributed by atoms with van der Waals surface area (Å²) in [5.74, 6) is 1.99. The van der Waals surface area contributed by atoms with E-state index in [0.717, 1.165) is 6.42 Å². The summed E-state index contributed by atoms with van der Waals surface area (Å²) in [6.45, 7) is 18.6. The fourth-order valence-corrected chi connectivity index (χ4v) is 11.0. The van der Waals surface area contributed by atoms with Gasteiger partial charge in [0.1, 0.15) is 8.07 Å². The Bertz CT molecular complexity index is 1220. The van der Waals surface area contributed by atoms with Gasteiger partial charge >= 0.3 is 21.7 Å². The topological polar surface area (TPSA) is 0 Å². The van der Waals surface area contributed by atoms with E-state index >= 15 is 0 Å². The van der Waals surface area contributed by atoms with Crippen molar-refractivity contribution in [1.29, 1.82) is 0 Å². The van der Waals surface area contributed by atoms with Crippen LogP contribution in [-0.2, 0) is 21.7 Å². The van der Waals surface area contributed by atoms with E-state index in [1.807, 2.05) is 0 Å². The first kappa shape index (κ1) is 39.8. The summed E-state index contributed by atoms with van der Waals surface area (Å²) < 4.78 is 0. The average Bonchev–Trinajstić information content (AvgIpc) is 3.39. The van der Waals surface area contributed by atoms with Gasteiger partial charge in [-0.1, -0.05) is 150 Å². The summed E-state index contributed by atoms with van der Waals surface area (Å²) in [5, 5.41) is 6.05. The van der Waals surface area contributed by atoms with Gasteiger partial charge < -0.3 is 37.2 Å². The van der Waals surface area contributed by atoms with Crippen LogP contribution in [0.1, 0.15) is 108 Å². The fourth-order valence-electron chi connectivity index (χ4n) is 5.78. The quantitative estimate of drug-likeness (QED) is 0.119. The van der Waals surface area contributed by atoms with Crippen molar-refractivity contribution in [3.8, 4) is 0 Å². The SMILES string of the molecule is CCC(C)c1ccc[c-]1[Si](c1cccc(C(C)C)c1)(c1cccc(C(C)C)c1)c1cccc(C(C)C)c1.[Cl-].[Cl-].[Cl-].[Ti+4]. The molecule has 0 aromatic heterocycles. The van der Waals surface area contributed by atoms with Crippen molar-refractivity contribution < 1.29 is 58.9 Å². The minimum absolute atomic E-state index is 0. The molecule has 0 aliphatic heterocycles. The van der Waals surface area contributed by atoms with Gasteiger partial charge in [0.05, 0.1) is 0 Å². The molecule has 0 nitrogen and oxygen atoms in total. The van der Waals surface area contributed by atoms with Crippen LogP contribution in [0.25, 0.3) is 0 Å². The minimum Gasteiger partial charge on any atom is -1.00 e. The van der Waals surface area contributed by atoms with Crippen LogP contribution >= 0.6 is 0 Å². The van der Waals surface area contributed by atoms with E-state index in [1.165, 1.54) is 37.8 Å². The predicted molar refractivity (Wildman–Crippen MR) is 167 cm³/mol. The van der Waals surface area contributed by atoms with Crippen molar-refractivity contribution in [3.05, 3.63) is 113 Å². The van der Waals surface area contributed by atoms with Crippen molar-refractivity contribution >= 4 is 28.8 Å². The Hall–Kier alpha value is -1.19. The molecule has 4 rings (SSSR count). The largest absolute Gasteiger partial charge is 4.00 e. The van der Waals surface area contributed by atoms with Gasteiger partial charge in [-0.3, -0.25) is 0 Å². The third-order valence-electron chi connectivity index (χ3n) is 8.36. The van der Waals surface area contributed by atoms with E-state index in [0.29, 0.717) is 23.7 Å². The first-order chi connectivity index (χ1) is 17.7. The van der Waals surface area contributed by atoms with Crippen LogP contribution in [0.5, 0.6) is 0 Å². The molecule has 4 aromatic rings. The van der Waals surface area contributed by atoms with Crippen molar-refractivity contribution in [2.24, 2.45) is 0 Å². The Morgan fingerprint density at radius 1 is 0.561 bits per heavy atom. The van der Waals surface area contributed by atoms with E-state index in [-0.39, 0.29) is 58.9 Å². The van der Waals surface area contributed by atoms with Crippen molar-refractivity contribution in [3.63, 3.8) is 0 Å². The average molecular weight is 660 g/mol. The molecule has 0 N–H and O–H groups in total. The Labute approximate surface area is 284 Å². The smallest absolute Gasteiger partial charge is 1.00 e. The Balaban J connectivity index is 0.00000400. The van der Waals surface area contributed by atoms with Crippen molar-refractivity contribution in [2.75, 3.05) is 0 Å². The molecule has 1 atom stereocenters. The Kier molecular flexibility index (Phi) is 16.7. The predicted octanol–water partition coefficient (Wildman–Crippen LogP) is -1.32. The minimum atomic E-state index is -2.60. The fraction of sp³-hybridized carbons (Fsp3) is 0.361. The molecular weight excluding hydrogens is 615 g/mol. The molecule has 1 unspecified atom stereocenters. The van der Waals surface area contributed by atoms with Gasteiger partial charge in [0.2, 0.25) is 0 Å². The molecule has 0 amide bonds. The molecular formula is C36H45Cl3SiTi. The van der Waals surface area contributed by atoms with E-state index in [4.69, 9.17) is 0 Å². The van der Waals surface area contributed by atoms with Gasteiger partial charge in [0.15, 0.2) is 0 Å². The van der Waals surface area contributed by atoms with Crippen LogP contribution in [-0.4, -0.2) is 8.07 Å². The third kappa shape index (κ3) is 8.05. The maximum atomic E-state index is 2.54. The Morgan fingerprint density at radius 3 is 1.24 bits per heavy atom. The summed E-state index contributed by atoms with van der Waals surface area (Å²) in [7, 11) is -2.60. The van der Waals surface area contributed by atoms with E-state index in [1.54, 1.807) is 5.19 Å². The summed E-state index contributed by atoms with van der Waals surface area (Å²) in [6, 6.07) is 35.9. The molecule has 0 aliphatic rings. The van der Waals surface area contributed by atoms with E-state index in [9.17, 15) is 0 Å². The molecule has 0 fully saturated rings. The second-order valence-corrected chi connectivity index (χ2v) is 15.6. The number of benzene rings is 3. The summed E-state index contributed by atoms with van der Waals surface area (Å²) in [6.07, 6.45) is 1.14. The van der Waals surface area contributed by atoms with E-state index in [2.05, 4.69) is 146 Å². The van der Waals surface area contributed by atoms with Gasteiger partial charge in [-0.15, -0.1) is 5.19 Å². The maximum Gasteiger partial charge on any atom is 4.00 e. The van der Waals surface area contributed by atoms with E-state index < -0.39 is 8.07 Å². The number of rotatable bonds is 9. The van der Waals surface area contributed by atoms with Crippen LogP contribution in [0.3, 0.4) is 0 Å². The summed E-state index contributed by atoms with van der Waals surface area (Å²) in [4.78, 5) is 0. The first-order valence-electron chi connectivity index (χ1n) is 14.3. The molecule has 4 aromatic carbocycles. The van der Waals surface area contributed by atoms with Crippen molar-refractivity contribution in [1.82, 2.24) is 0 Å². The monoisotopic (exact) mass is 658 g/mol. The molecule has 218 valence electrons. The van der Waals surface area contributed by atoms with Crippen LogP contribution in [0.15, 0.2) is 91.0 Å². The molecule has 41 heavy (non-hydrogen) atoms. The first-order valence-corrected chi connectivity index (χ1v) is 16.3. The molecule has 0 saturated carbocycles.